The van der Waals surface area contributed by atoms with Gasteiger partial charge in [0.25, 0.3) is 17.7 Å². The number of hydrazine groups is 1. The number of amides is 3. The first kappa shape index (κ1) is 24.8. The van der Waals surface area contributed by atoms with Gasteiger partial charge in [0, 0.05) is 5.56 Å². The van der Waals surface area contributed by atoms with Gasteiger partial charge in [-0.15, -0.1) is 0 Å². The van der Waals surface area contributed by atoms with Crippen LogP contribution in [0.15, 0.2) is 78.9 Å². The summed E-state index contributed by atoms with van der Waals surface area (Å²) in [5.74, 6) is -1.28. The lowest BCUT2D eigenvalue weighted by molar-refractivity contribution is -0.131. The van der Waals surface area contributed by atoms with Crippen molar-refractivity contribution in [3.63, 3.8) is 0 Å². The first-order chi connectivity index (χ1) is 16.4. The van der Waals surface area contributed by atoms with E-state index in [0.717, 1.165) is 11.1 Å². The van der Waals surface area contributed by atoms with Crippen molar-refractivity contribution >= 4 is 29.3 Å². The molecule has 0 radical (unpaired) electrons. The largest absolute Gasteiger partial charge is 0.483 e. The molecular formula is C26H26ClN3O4. The van der Waals surface area contributed by atoms with Crippen LogP contribution in [0.4, 0.5) is 0 Å². The van der Waals surface area contributed by atoms with Gasteiger partial charge in [-0.1, -0.05) is 86.1 Å². The highest BCUT2D eigenvalue weighted by Gasteiger charge is 2.25. The Labute approximate surface area is 203 Å². The summed E-state index contributed by atoms with van der Waals surface area (Å²) >= 11 is 6.07. The number of benzene rings is 3. The summed E-state index contributed by atoms with van der Waals surface area (Å²) in [6.07, 6.45) is 0. The lowest BCUT2D eigenvalue weighted by atomic mass is 10.0. The third-order valence-corrected chi connectivity index (χ3v) is 5.34. The van der Waals surface area contributed by atoms with E-state index in [-0.39, 0.29) is 23.1 Å². The van der Waals surface area contributed by atoms with Gasteiger partial charge in [-0.05, 0) is 29.7 Å². The summed E-state index contributed by atoms with van der Waals surface area (Å²) in [5.41, 5.74) is 6.75. The predicted molar refractivity (Wildman–Crippen MR) is 131 cm³/mol. The zero-order valence-electron chi connectivity index (χ0n) is 18.9. The van der Waals surface area contributed by atoms with Crippen LogP contribution in [0.25, 0.3) is 11.1 Å². The van der Waals surface area contributed by atoms with Gasteiger partial charge in [-0.3, -0.25) is 25.2 Å². The third-order valence-electron chi connectivity index (χ3n) is 5.01. The number of rotatable bonds is 8. The van der Waals surface area contributed by atoms with Crippen LogP contribution < -0.4 is 20.9 Å². The Hall–Kier alpha value is -3.84. The van der Waals surface area contributed by atoms with E-state index in [9.17, 15) is 14.4 Å². The fourth-order valence-corrected chi connectivity index (χ4v) is 3.46. The Kier molecular flexibility index (Phi) is 8.65. The van der Waals surface area contributed by atoms with E-state index in [1.54, 1.807) is 44.2 Å². The standard InChI is InChI=1S/C26H26ClN3O4/c1-17(2)24(28-25(32)20-13-6-8-14-21(20)27)26(33)30-29-23(31)16-34-22-15-9-7-12-19(22)18-10-4-3-5-11-18/h3-15,17,24H,16H2,1-2H3,(H,28,32)(H,29,31)(H,30,33)/t24-/m0/s1. The smallest absolute Gasteiger partial charge is 0.276 e. The molecule has 0 aliphatic carbocycles. The summed E-state index contributed by atoms with van der Waals surface area (Å²) in [6.45, 7) is 3.26. The molecule has 0 spiro atoms. The Morgan fingerprint density at radius 2 is 1.50 bits per heavy atom. The van der Waals surface area contributed by atoms with Gasteiger partial charge in [0.2, 0.25) is 0 Å². The summed E-state index contributed by atoms with van der Waals surface area (Å²) in [5, 5.41) is 2.94. The van der Waals surface area contributed by atoms with E-state index in [2.05, 4.69) is 16.2 Å². The number of para-hydroxylation sites is 1. The van der Waals surface area contributed by atoms with E-state index in [0.29, 0.717) is 5.75 Å². The molecule has 0 unspecified atom stereocenters. The average molecular weight is 480 g/mol. The molecule has 7 nitrogen and oxygen atoms in total. The molecule has 0 bridgehead atoms. The second kappa shape index (κ2) is 11.9. The maximum Gasteiger partial charge on any atom is 0.276 e. The van der Waals surface area contributed by atoms with Crippen molar-refractivity contribution in [1.82, 2.24) is 16.2 Å². The van der Waals surface area contributed by atoms with Crippen molar-refractivity contribution < 1.29 is 19.1 Å². The molecule has 34 heavy (non-hydrogen) atoms. The first-order valence-electron chi connectivity index (χ1n) is 10.8. The number of hydrogen-bond donors (Lipinski definition) is 3. The molecule has 1 atom stereocenters. The number of halogens is 1. The van der Waals surface area contributed by atoms with Crippen LogP contribution in [0.1, 0.15) is 24.2 Å². The van der Waals surface area contributed by atoms with Crippen LogP contribution in [0, 0.1) is 5.92 Å². The zero-order chi connectivity index (χ0) is 24.5. The topological polar surface area (TPSA) is 96.5 Å². The maximum atomic E-state index is 12.6. The SMILES string of the molecule is CC(C)[C@H](NC(=O)c1ccccc1Cl)C(=O)NNC(=O)COc1ccccc1-c1ccccc1. The van der Waals surface area contributed by atoms with E-state index in [4.69, 9.17) is 16.3 Å². The molecule has 3 amide bonds. The molecule has 0 saturated carbocycles. The number of nitrogens with one attached hydrogen (secondary N) is 3. The predicted octanol–water partition coefficient (Wildman–Crippen LogP) is 3.99. The molecule has 3 N–H and O–H groups in total. The minimum atomic E-state index is -0.885. The summed E-state index contributed by atoms with van der Waals surface area (Å²) in [7, 11) is 0. The number of carbonyl (C=O) groups is 3. The average Bonchev–Trinajstić information content (AvgIpc) is 2.85. The quantitative estimate of drug-likeness (QED) is 0.426. The molecule has 0 fully saturated rings. The monoisotopic (exact) mass is 479 g/mol. The molecule has 3 rings (SSSR count). The van der Waals surface area contributed by atoms with Crippen LogP contribution in [-0.2, 0) is 9.59 Å². The second-order valence-electron chi connectivity index (χ2n) is 7.86. The van der Waals surface area contributed by atoms with E-state index in [1.807, 2.05) is 48.5 Å². The van der Waals surface area contributed by atoms with Gasteiger partial charge in [0.1, 0.15) is 11.8 Å². The van der Waals surface area contributed by atoms with Gasteiger partial charge in [-0.25, -0.2) is 0 Å². The first-order valence-corrected chi connectivity index (χ1v) is 11.2. The van der Waals surface area contributed by atoms with Crippen LogP contribution >= 0.6 is 11.6 Å². The van der Waals surface area contributed by atoms with E-state index >= 15 is 0 Å². The zero-order valence-corrected chi connectivity index (χ0v) is 19.6. The van der Waals surface area contributed by atoms with Crippen LogP contribution in [-0.4, -0.2) is 30.4 Å². The molecule has 0 saturated heterocycles. The molecule has 0 aromatic heterocycles. The summed E-state index contributed by atoms with van der Waals surface area (Å²) < 4.78 is 5.68. The van der Waals surface area contributed by atoms with Gasteiger partial charge in [0.05, 0.1) is 10.6 Å². The Balaban J connectivity index is 1.55. The highest BCUT2D eigenvalue weighted by molar-refractivity contribution is 6.33. The van der Waals surface area contributed by atoms with Crippen molar-refractivity contribution in [1.29, 1.82) is 0 Å². The van der Waals surface area contributed by atoms with Gasteiger partial charge < -0.3 is 10.1 Å². The minimum Gasteiger partial charge on any atom is -0.483 e. The number of carbonyl (C=O) groups excluding carboxylic acids is 3. The van der Waals surface area contributed by atoms with Gasteiger partial charge >= 0.3 is 0 Å². The molecule has 0 aliphatic heterocycles. The van der Waals surface area contributed by atoms with Crippen molar-refractivity contribution in [3.8, 4) is 16.9 Å². The fraction of sp³-hybridized carbons (Fsp3) is 0.192. The molecule has 3 aromatic rings. The Morgan fingerprint density at radius 1 is 0.853 bits per heavy atom. The molecule has 8 heteroatoms. The second-order valence-corrected chi connectivity index (χ2v) is 8.27. The molecule has 0 aliphatic rings. The molecule has 176 valence electrons. The van der Waals surface area contributed by atoms with Crippen LogP contribution in [0.2, 0.25) is 5.02 Å². The van der Waals surface area contributed by atoms with Crippen LogP contribution in [0.3, 0.4) is 0 Å². The summed E-state index contributed by atoms with van der Waals surface area (Å²) in [4.78, 5) is 37.5. The number of ether oxygens (including phenoxy) is 1. The van der Waals surface area contributed by atoms with Crippen molar-refractivity contribution in [3.05, 3.63) is 89.4 Å². The normalized spacial score (nSPS) is 11.4. The van der Waals surface area contributed by atoms with Gasteiger partial charge in [-0.2, -0.15) is 0 Å². The lowest BCUT2D eigenvalue weighted by Gasteiger charge is -2.22. The highest BCUT2D eigenvalue weighted by Crippen LogP contribution is 2.29. The minimum absolute atomic E-state index is 0.239. The lowest BCUT2D eigenvalue weighted by Crippen LogP contribution is -2.55. The molecule has 3 aromatic carbocycles. The van der Waals surface area contributed by atoms with E-state index < -0.39 is 23.8 Å². The molecular weight excluding hydrogens is 454 g/mol. The van der Waals surface area contributed by atoms with Crippen molar-refractivity contribution in [2.24, 2.45) is 5.92 Å². The fourth-order valence-electron chi connectivity index (χ4n) is 3.24. The maximum absolute atomic E-state index is 12.6. The van der Waals surface area contributed by atoms with Gasteiger partial charge in [0.15, 0.2) is 6.61 Å². The number of hydrogen-bond acceptors (Lipinski definition) is 4. The van der Waals surface area contributed by atoms with Crippen LogP contribution in [0.5, 0.6) is 5.75 Å². The highest BCUT2D eigenvalue weighted by atomic mass is 35.5. The van der Waals surface area contributed by atoms with Crippen molar-refractivity contribution in [2.45, 2.75) is 19.9 Å². The molecule has 0 heterocycles. The van der Waals surface area contributed by atoms with E-state index in [1.165, 1.54) is 0 Å². The Bertz CT molecular complexity index is 1150. The third kappa shape index (κ3) is 6.59. The summed E-state index contributed by atoms with van der Waals surface area (Å²) in [6, 6.07) is 22.7. The Morgan fingerprint density at radius 3 is 2.21 bits per heavy atom. The van der Waals surface area contributed by atoms with Crippen molar-refractivity contribution in [2.75, 3.05) is 6.61 Å².